The molecule has 2 aromatic carbocycles. The van der Waals surface area contributed by atoms with Crippen molar-refractivity contribution in [2.45, 2.75) is 6.92 Å². The predicted octanol–water partition coefficient (Wildman–Crippen LogP) is 2.64. The fraction of sp³-hybridized carbons (Fsp3) is 0.118. The van der Waals surface area contributed by atoms with Crippen LogP contribution in [0.25, 0.3) is 10.8 Å². The van der Waals surface area contributed by atoms with Crippen LogP contribution in [-0.4, -0.2) is 29.4 Å². The monoisotopic (exact) mass is 308 g/mol. The van der Waals surface area contributed by atoms with Crippen molar-refractivity contribution >= 4 is 22.9 Å². The summed E-state index contributed by atoms with van der Waals surface area (Å²) in [5.74, 6) is 0.442. The van der Waals surface area contributed by atoms with Crippen LogP contribution in [0.5, 0.6) is 5.75 Å². The Morgan fingerprint density at radius 2 is 2.04 bits per heavy atom. The van der Waals surface area contributed by atoms with Gasteiger partial charge in [-0.2, -0.15) is 10.2 Å². The number of aryl methyl sites for hydroxylation is 1. The lowest BCUT2D eigenvalue weighted by Gasteiger charge is -2.07. The summed E-state index contributed by atoms with van der Waals surface area (Å²) in [5.41, 5.74) is 4.48. The first-order valence-electron chi connectivity index (χ1n) is 7.10. The Hall–Kier alpha value is -3.15. The van der Waals surface area contributed by atoms with Crippen LogP contribution in [0.4, 0.5) is 0 Å². The standard InChI is InChI=1S/C17H16N4O2/c1-11-9-15(20-19-11)17(22)21-18-10-12-7-8-16(23-2)14-6-4-3-5-13(12)14/h3-10H,1-2H3,(H,19,20)(H,21,22)/b18-10+. The molecular weight excluding hydrogens is 292 g/mol. The molecule has 23 heavy (non-hydrogen) atoms. The molecule has 0 aliphatic carbocycles. The predicted molar refractivity (Wildman–Crippen MR) is 88.9 cm³/mol. The van der Waals surface area contributed by atoms with Crippen molar-refractivity contribution in [1.29, 1.82) is 0 Å². The van der Waals surface area contributed by atoms with E-state index >= 15 is 0 Å². The van der Waals surface area contributed by atoms with Crippen molar-refractivity contribution in [2.75, 3.05) is 7.11 Å². The molecule has 1 amide bonds. The van der Waals surface area contributed by atoms with E-state index in [1.807, 2.05) is 43.3 Å². The van der Waals surface area contributed by atoms with Gasteiger partial charge in [-0.05, 0) is 30.5 Å². The highest BCUT2D eigenvalue weighted by molar-refractivity contribution is 6.02. The van der Waals surface area contributed by atoms with Gasteiger partial charge in [0.2, 0.25) is 0 Å². The van der Waals surface area contributed by atoms with E-state index in [0.29, 0.717) is 5.69 Å². The Morgan fingerprint density at radius 1 is 1.26 bits per heavy atom. The van der Waals surface area contributed by atoms with Crippen LogP contribution in [0.1, 0.15) is 21.7 Å². The fourth-order valence-corrected chi connectivity index (χ4v) is 2.34. The van der Waals surface area contributed by atoms with Crippen LogP contribution in [0, 0.1) is 6.92 Å². The van der Waals surface area contributed by atoms with E-state index in [1.54, 1.807) is 19.4 Å². The van der Waals surface area contributed by atoms with Crippen molar-refractivity contribution in [3.63, 3.8) is 0 Å². The molecule has 0 saturated heterocycles. The van der Waals surface area contributed by atoms with E-state index in [9.17, 15) is 4.79 Å². The number of nitrogens with zero attached hydrogens (tertiary/aromatic N) is 2. The molecule has 0 spiro atoms. The number of aromatic amines is 1. The van der Waals surface area contributed by atoms with Crippen molar-refractivity contribution in [3.05, 3.63) is 59.4 Å². The maximum absolute atomic E-state index is 11.9. The van der Waals surface area contributed by atoms with Gasteiger partial charge >= 0.3 is 0 Å². The summed E-state index contributed by atoms with van der Waals surface area (Å²) in [7, 11) is 1.64. The molecule has 0 fully saturated rings. The van der Waals surface area contributed by atoms with Crippen molar-refractivity contribution < 1.29 is 9.53 Å². The summed E-state index contributed by atoms with van der Waals surface area (Å²) in [6, 6.07) is 13.3. The van der Waals surface area contributed by atoms with Gasteiger partial charge in [-0.15, -0.1) is 0 Å². The molecule has 1 heterocycles. The van der Waals surface area contributed by atoms with Gasteiger partial charge in [0.15, 0.2) is 5.69 Å². The number of hydrazone groups is 1. The maximum Gasteiger partial charge on any atom is 0.291 e. The van der Waals surface area contributed by atoms with Crippen molar-refractivity contribution in [3.8, 4) is 5.75 Å². The molecule has 3 rings (SSSR count). The maximum atomic E-state index is 11.9. The summed E-state index contributed by atoms with van der Waals surface area (Å²) in [4.78, 5) is 11.9. The molecule has 0 aliphatic rings. The molecule has 6 heteroatoms. The van der Waals surface area contributed by atoms with E-state index in [0.717, 1.165) is 27.8 Å². The van der Waals surface area contributed by atoms with Crippen LogP contribution in [0.2, 0.25) is 0 Å². The highest BCUT2D eigenvalue weighted by atomic mass is 16.5. The van der Waals surface area contributed by atoms with E-state index in [2.05, 4.69) is 20.7 Å². The van der Waals surface area contributed by atoms with Crippen LogP contribution < -0.4 is 10.2 Å². The Labute approximate surface area is 133 Å². The van der Waals surface area contributed by atoms with Gasteiger partial charge in [0.05, 0.1) is 13.3 Å². The average Bonchev–Trinajstić information content (AvgIpc) is 3.01. The molecular formula is C17H16N4O2. The Balaban J connectivity index is 1.83. The summed E-state index contributed by atoms with van der Waals surface area (Å²) in [6.45, 7) is 1.83. The summed E-state index contributed by atoms with van der Waals surface area (Å²) in [5, 5.41) is 12.6. The SMILES string of the molecule is COc1ccc(/C=N/NC(=O)c2cc(C)[nH]n2)c2ccccc12. The first-order chi connectivity index (χ1) is 11.2. The minimum absolute atomic E-state index is 0.305. The van der Waals surface area contributed by atoms with Gasteiger partial charge in [0.1, 0.15) is 5.75 Å². The molecule has 0 radical (unpaired) electrons. The van der Waals surface area contributed by atoms with Gasteiger partial charge in [0.25, 0.3) is 5.91 Å². The quantitative estimate of drug-likeness (QED) is 0.574. The van der Waals surface area contributed by atoms with Crippen molar-refractivity contribution in [2.24, 2.45) is 5.10 Å². The molecule has 0 atom stereocenters. The molecule has 2 N–H and O–H groups in total. The fourth-order valence-electron chi connectivity index (χ4n) is 2.34. The van der Waals surface area contributed by atoms with Gasteiger partial charge < -0.3 is 4.74 Å². The number of H-pyrrole nitrogens is 1. The number of methoxy groups -OCH3 is 1. The lowest BCUT2D eigenvalue weighted by Crippen LogP contribution is -2.18. The Bertz CT molecular complexity index is 883. The van der Waals surface area contributed by atoms with E-state index in [1.165, 1.54) is 0 Å². The van der Waals surface area contributed by atoms with Crippen LogP contribution in [0.15, 0.2) is 47.6 Å². The van der Waals surface area contributed by atoms with E-state index in [4.69, 9.17) is 4.74 Å². The number of benzene rings is 2. The second-order valence-electron chi connectivity index (χ2n) is 5.04. The smallest absolute Gasteiger partial charge is 0.291 e. The third kappa shape index (κ3) is 3.06. The summed E-state index contributed by atoms with van der Waals surface area (Å²) >= 11 is 0. The average molecular weight is 308 g/mol. The zero-order chi connectivity index (χ0) is 16.2. The van der Waals surface area contributed by atoms with Crippen molar-refractivity contribution in [1.82, 2.24) is 15.6 Å². The zero-order valence-electron chi connectivity index (χ0n) is 12.8. The topological polar surface area (TPSA) is 79.4 Å². The van der Waals surface area contributed by atoms with E-state index < -0.39 is 0 Å². The molecule has 1 aromatic heterocycles. The molecule has 0 unspecified atom stereocenters. The molecule has 0 aliphatic heterocycles. The van der Waals surface area contributed by atoms with E-state index in [-0.39, 0.29) is 5.91 Å². The third-order valence-electron chi connectivity index (χ3n) is 3.45. The summed E-state index contributed by atoms with van der Waals surface area (Å²) < 4.78 is 5.36. The lowest BCUT2D eigenvalue weighted by molar-refractivity contribution is 0.0950. The number of hydrogen-bond acceptors (Lipinski definition) is 4. The molecule has 3 aromatic rings. The van der Waals surface area contributed by atoms with Crippen LogP contribution in [-0.2, 0) is 0 Å². The number of fused-ring (bicyclic) bond motifs is 1. The van der Waals surface area contributed by atoms with Crippen LogP contribution in [0.3, 0.4) is 0 Å². The van der Waals surface area contributed by atoms with Gasteiger partial charge in [-0.25, -0.2) is 5.43 Å². The first kappa shape index (κ1) is 14.8. The number of hydrogen-bond donors (Lipinski definition) is 2. The second-order valence-corrected chi connectivity index (χ2v) is 5.04. The number of carbonyl (C=O) groups excluding carboxylic acids is 1. The number of rotatable bonds is 4. The van der Waals surface area contributed by atoms with Gasteiger partial charge in [-0.1, -0.05) is 24.3 Å². The largest absolute Gasteiger partial charge is 0.496 e. The highest BCUT2D eigenvalue weighted by Crippen LogP contribution is 2.27. The molecule has 116 valence electrons. The molecule has 0 bridgehead atoms. The number of aromatic nitrogens is 2. The van der Waals surface area contributed by atoms with Gasteiger partial charge in [0, 0.05) is 16.6 Å². The number of amides is 1. The number of carbonyl (C=O) groups is 1. The highest BCUT2D eigenvalue weighted by Gasteiger charge is 2.08. The molecule has 6 nitrogen and oxygen atoms in total. The lowest BCUT2D eigenvalue weighted by atomic mass is 10.0. The summed E-state index contributed by atoms with van der Waals surface area (Å²) in [6.07, 6.45) is 1.61. The molecule has 0 saturated carbocycles. The minimum atomic E-state index is -0.358. The Kier molecular flexibility index (Phi) is 4.05. The van der Waals surface area contributed by atoms with Gasteiger partial charge in [-0.3, -0.25) is 9.89 Å². The Morgan fingerprint density at radius 3 is 2.74 bits per heavy atom. The number of nitrogens with one attached hydrogen (secondary N) is 2. The zero-order valence-corrected chi connectivity index (χ0v) is 12.8. The third-order valence-corrected chi connectivity index (χ3v) is 3.45. The number of ether oxygens (including phenoxy) is 1. The second kappa shape index (κ2) is 6.31. The minimum Gasteiger partial charge on any atom is -0.496 e. The van der Waals surface area contributed by atoms with Crippen LogP contribution >= 0.6 is 0 Å². The normalized spacial score (nSPS) is 11.0. The first-order valence-corrected chi connectivity index (χ1v) is 7.10.